The van der Waals surface area contributed by atoms with E-state index in [4.69, 9.17) is 10.5 Å². The lowest BCUT2D eigenvalue weighted by Crippen LogP contribution is -2.29. The Morgan fingerprint density at radius 2 is 2.10 bits per heavy atom. The first-order valence-corrected chi connectivity index (χ1v) is 10.4. The summed E-state index contributed by atoms with van der Waals surface area (Å²) in [6.07, 6.45) is 0.725. The first kappa shape index (κ1) is 21.3. The number of amides is 1. The average molecular weight is 451 g/mol. The van der Waals surface area contributed by atoms with Crippen molar-refractivity contribution in [1.29, 1.82) is 0 Å². The molecule has 4 N–H and O–H groups in total. The molecule has 3 aromatic rings. The maximum absolute atomic E-state index is 13.7. The molecular weight excluding hydrogens is 431 g/mol. The summed E-state index contributed by atoms with van der Waals surface area (Å²) < 4.78 is 44.8. The quantitative estimate of drug-likeness (QED) is 0.485. The standard InChI is InChI=1S/C20H20F3N5O2S/c1-9-16-18(27-13-3-2-10(23)4-15(13)30-11(6-21)7-22)25-8-26-20(16)31-17(9)19(29)28-14-5-12(14)24/h2-4,8,11-12,14H,5-7,24H2,1H3,(H,28,29)(H,25,26,27)/t12?,14-/m1/s1. The maximum Gasteiger partial charge on any atom is 0.261 e. The van der Waals surface area contributed by atoms with Gasteiger partial charge in [-0.05, 0) is 31.0 Å². The summed E-state index contributed by atoms with van der Waals surface area (Å²) in [7, 11) is 0. The minimum Gasteiger partial charge on any atom is -0.483 e. The number of ether oxygens (including phenoxy) is 1. The molecule has 0 aliphatic heterocycles. The summed E-state index contributed by atoms with van der Waals surface area (Å²) in [4.78, 5) is 22.2. The van der Waals surface area contributed by atoms with Crippen molar-refractivity contribution in [1.82, 2.24) is 15.3 Å². The van der Waals surface area contributed by atoms with Gasteiger partial charge >= 0.3 is 0 Å². The lowest BCUT2D eigenvalue weighted by atomic mass is 10.2. The third-order valence-electron chi connectivity index (χ3n) is 4.92. The van der Waals surface area contributed by atoms with Gasteiger partial charge in [0.2, 0.25) is 0 Å². The second-order valence-electron chi connectivity index (χ2n) is 7.25. The van der Waals surface area contributed by atoms with Crippen molar-refractivity contribution in [2.75, 3.05) is 18.7 Å². The van der Waals surface area contributed by atoms with Gasteiger partial charge in [0, 0.05) is 18.2 Å². The Bertz CT molecular complexity index is 1120. The minimum absolute atomic E-state index is 0.0231. The monoisotopic (exact) mass is 451 g/mol. The van der Waals surface area contributed by atoms with Crippen LogP contribution < -0.4 is 21.1 Å². The molecule has 1 aliphatic carbocycles. The number of anilines is 2. The van der Waals surface area contributed by atoms with Gasteiger partial charge in [-0.25, -0.2) is 23.1 Å². The van der Waals surface area contributed by atoms with E-state index in [9.17, 15) is 18.0 Å². The van der Waals surface area contributed by atoms with Crippen LogP contribution in [0.1, 0.15) is 21.7 Å². The summed E-state index contributed by atoms with van der Waals surface area (Å²) in [5.41, 5.74) is 6.71. The van der Waals surface area contributed by atoms with E-state index in [1.54, 1.807) is 6.92 Å². The lowest BCUT2D eigenvalue weighted by molar-refractivity contribution is 0.0954. The largest absolute Gasteiger partial charge is 0.483 e. The molecule has 1 amide bonds. The number of hydrogen-bond acceptors (Lipinski definition) is 7. The van der Waals surface area contributed by atoms with Gasteiger partial charge in [0.05, 0.1) is 16.0 Å². The maximum atomic E-state index is 13.7. The van der Waals surface area contributed by atoms with Crippen LogP contribution in [0.5, 0.6) is 5.75 Å². The number of alkyl halides is 2. The van der Waals surface area contributed by atoms with Crippen molar-refractivity contribution < 1.29 is 22.7 Å². The van der Waals surface area contributed by atoms with Crippen LogP contribution in [0.4, 0.5) is 24.7 Å². The SMILES string of the molecule is Cc1c(C(=O)N[C@@H]2CC2N)sc2ncnc(Nc3ccc(F)cc3OC(CF)CF)c12. The number of fused-ring (bicyclic) bond motifs is 1. The molecule has 11 heteroatoms. The average Bonchev–Trinajstić information content (AvgIpc) is 3.33. The van der Waals surface area contributed by atoms with Crippen molar-refractivity contribution in [2.24, 2.45) is 5.73 Å². The predicted molar refractivity (Wildman–Crippen MR) is 112 cm³/mol. The van der Waals surface area contributed by atoms with Crippen molar-refractivity contribution in [2.45, 2.75) is 31.5 Å². The van der Waals surface area contributed by atoms with Crippen molar-refractivity contribution in [3.63, 3.8) is 0 Å². The van der Waals surface area contributed by atoms with Crippen LogP contribution in [0.15, 0.2) is 24.5 Å². The Balaban J connectivity index is 1.67. The van der Waals surface area contributed by atoms with E-state index in [1.807, 2.05) is 0 Å². The normalized spacial score (nSPS) is 17.7. The number of nitrogens with zero attached hydrogens (tertiary/aromatic N) is 2. The van der Waals surface area contributed by atoms with Gasteiger partial charge in [-0.1, -0.05) is 0 Å². The number of benzene rings is 1. The van der Waals surface area contributed by atoms with E-state index >= 15 is 0 Å². The van der Waals surface area contributed by atoms with Gasteiger partial charge in [-0.3, -0.25) is 4.79 Å². The molecule has 0 spiro atoms. The highest BCUT2D eigenvalue weighted by molar-refractivity contribution is 7.20. The molecule has 2 aromatic heterocycles. The van der Waals surface area contributed by atoms with Gasteiger partial charge in [-0.2, -0.15) is 0 Å². The molecule has 7 nitrogen and oxygen atoms in total. The highest BCUT2D eigenvalue weighted by Gasteiger charge is 2.35. The predicted octanol–water partition coefficient (Wildman–Crippen LogP) is 3.40. The third kappa shape index (κ3) is 4.42. The van der Waals surface area contributed by atoms with Crippen LogP contribution in [-0.4, -0.2) is 47.4 Å². The van der Waals surface area contributed by atoms with Crippen LogP contribution in [0.3, 0.4) is 0 Å². The van der Waals surface area contributed by atoms with Gasteiger partial charge in [-0.15, -0.1) is 11.3 Å². The molecule has 4 rings (SSSR count). The van der Waals surface area contributed by atoms with Crippen LogP contribution in [0, 0.1) is 12.7 Å². The summed E-state index contributed by atoms with van der Waals surface area (Å²) >= 11 is 1.22. The van der Waals surface area contributed by atoms with E-state index < -0.39 is 25.3 Å². The van der Waals surface area contributed by atoms with Crippen LogP contribution in [0.2, 0.25) is 0 Å². The molecule has 2 heterocycles. The number of carbonyl (C=O) groups excluding carboxylic acids is 1. The molecular formula is C20H20F3N5O2S. The highest BCUT2D eigenvalue weighted by atomic mass is 32.1. The zero-order chi connectivity index (χ0) is 22.1. The molecule has 164 valence electrons. The van der Waals surface area contributed by atoms with Crippen molar-refractivity contribution in [3.8, 4) is 5.75 Å². The van der Waals surface area contributed by atoms with E-state index in [0.717, 1.165) is 12.5 Å². The number of nitrogens with one attached hydrogen (secondary N) is 2. The number of thiophene rings is 1. The first-order valence-electron chi connectivity index (χ1n) is 9.57. The molecule has 31 heavy (non-hydrogen) atoms. The molecule has 0 bridgehead atoms. The molecule has 0 radical (unpaired) electrons. The first-order chi connectivity index (χ1) is 14.9. The number of carbonyl (C=O) groups is 1. The van der Waals surface area contributed by atoms with Crippen LogP contribution in [-0.2, 0) is 0 Å². The molecule has 2 atom stereocenters. The summed E-state index contributed by atoms with van der Waals surface area (Å²) in [6.45, 7) is -0.340. The second kappa shape index (κ2) is 8.67. The Morgan fingerprint density at radius 3 is 2.77 bits per heavy atom. The Labute approximate surface area is 179 Å². The van der Waals surface area contributed by atoms with Crippen LogP contribution >= 0.6 is 11.3 Å². The number of halogens is 3. The third-order valence-corrected chi connectivity index (χ3v) is 6.12. The van der Waals surface area contributed by atoms with E-state index in [1.165, 1.54) is 29.8 Å². The second-order valence-corrected chi connectivity index (χ2v) is 8.25. The lowest BCUT2D eigenvalue weighted by Gasteiger charge is -2.17. The van der Waals surface area contributed by atoms with Gasteiger partial charge < -0.3 is 21.1 Å². The number of hydrogen-bond donors (Lipinski definition) is 3. The zero-order valence-corrected chi connectivity index (χ0v) is 17.3. The number of nitrogens with two attached hydrogens (primary N) is 1. The molecule has 0 saturated heterocycles. The zero-order valence-electron chi connectivity index (χ0n) is 16.5. The molecule has 1 unspecified atom stereocenters. The molecule has 1 aromatic carbocycles. The smallest absolute Gasteiger partial charge is 0.261 e. The topological polar surface area (TPSA) is 102 Å². The van der Waals surface area contributed by atoms with Crippen LogP contribution in [0.25, 0.3) is 10.2 Å². The Hall–Kier alpha value is -2.92. The van der Waals surface area contributed by atoms with Gasteiger partial charge in [0.1, 0.15) is 41.9 Å². The Morgan fingerprint density at radius 1 is 1.35 bits per heavy atom. The van der Waals surface area contributed by atoms with Crippen molar-refractivity contribution in [3.05, 3.63) is 40.8 Å². The fourth-order valence-electron chi connectivity index (χ4n) is 3.11. The van der Waals surface area contributed by atoms with Gasteiger partial charge in [0.15, 0.2) is 6.10 Å². The van der Waals surface area contributed by atoms with E-state index in [2.05, 4.69) is 20.6 Å². The summed E-state index contributed by atoms with van der Waals surface area (Å²) in [5.74, 6) is -0.548. The van der Waals surface area contributed by atoms with E-state index in [0.29, 0.717) is 26.5 Å². The van der Waals surface area contributed by atoms with Crippen molar-refractivity contribution >= 4 is 39.0 Å². The molecule has 1 fully saturated rings. The molecule has 1 saturated carbocycles. The minimum atomic E-state index is -1.35. The summed E-state index contributed by atoms with van der Waals surface area (Å²) in [6, 6.07) is 3.56. The fourth-order valence-corrected chi connectivity index (χ4v) is 4.16. The highest BCUT2D eigenvalue weighted by Crippen LogP contribution is 2.37. The number of rotatable bonds is 8. The summed E-state index contributed by atoms with van der Waals surface area (Å²) in [5, 5.41) is 6.51. The fraction of sp³-hybridized carbons (Fsp3) is 0.350. The van der Waals surface area contributed by atoms with Gasteiger partial charge in [0.25, 0.3) is 5.91 Å². The Kier molecular flexibility index (Phi) is 5.96. The molecule has 1 aliphatic rings. The number of aromatic nitrogens is 2. The number of aryl methyl sites for hydroxylation is 1. The van der Waals surface area contributed by atoms with E-state index in [-0.39, 0.29) is 29.4 Å².